The molecule has 0 aliphatic heterocycles. The van der Waals surface area contributed by atoms with E-state index in [4.69, 9.17) is 9.47 Å². The van der Waals surface area contributed by atoms with Crippen molar-refractivity contribution >= 4 is 11.6 Å². The maximum atomic E-state index is 11.6. The van der Waals surface area contributed by atoms with Crippen LogP contribution in [0.3, 0.4) is 0 Å². The van der Waals surface area contributed by atoms with Gasteiger partial charge >= 0.3 is 5.82 Å². The zero-order chi connectivity index (χ0) is 15.6. The van der Waals surface area contributed by atoms with Gasteiger partial charge in [0.2, 0.25) is 6.33 Å². The van der Waals surface area contributed by atoms with E-state index in [1.165, 1.54) is 38.2 Å². The minimum atomic E-state index is -0.593. The number of rotatable bonds is 5. The van der Waals surface area contributed by atoms with Gasteiger partial charge in [0, 0.05) is 0 Å². The van der Waals surface area contributed by atoms with Gasteiger partial charge in [0.1, 0.15) is 6.20 Å². The molecule has 0 N–H and O–H groups in total. The summed E-state index contributed by atoms with van der Waals surface area (Å²) in [6.07, 6.45) is 2.55. The molecule has 0 bridgehead atoms. The van der Waals surface area contributed by atoms with Crippen molar-refractivity contribution in [3.63, 3.8) is 0 Å². The molecule has 8 nitrogen and oxygen atoms in total. The van der Waals surface area contributed by atoms with E-state index in [1.54, 1.807) is 12.1 Å². The molecule has 0 saturated carbocycles. The smallest absolute Gasteiger partial charge is 0.381 e. The van der Waals surface area contributed by atoms with Crippen molar-refractivity contribution in [2.45, 2.75) is 6.92 Å². The average molecular weight is 291 g/mol. The van der Waals surface area contributed by atoms with Crippen LogP contribution in [0.4, 0.5) is 5.82 Å². The summed E-state index contributed by atoms with van der Waals surface area (Å²) in [6.45, 7) is 1.42. The molecule has 1 aromatic carbocycles. The van der Waals surface area contributed by atoms with Gasteiger partial charge in [0.05, 0.1) is 25.5 Å². The molecule has 8 heteroatoms. The Morgan fingerprint density at radius 2 is 1.95 bits per heavy atom. The highest BCUT2D eigenvalue weighted by Gasteiger charge is 2.20. The molecule has 0 spiro atoms. The Balaban J connectivity index is 2.63. The first-order chi connectivity index (χ1) is 9.99. The van der Waals surface area contributed by atoms with Gasteiger partial charge < -0.3 is 19.6 Å². The Hall–Kier alpha value is -2.90. The normalized spacial score (nSPS) is 10.2. The second-order valence-electron chi connectivity index (χ2n) is 4.15. The van der Waals surface area contributed by atoms with E-state index in [9.17, 15) is 14.9 Å². The van der Waals surface area contributed by atoms with Crippen LogP contribution in [0.2, 0.25) is 0 Å². The van der Waals surface area contributed by atoms with Crippen LogP contribution in [0.1, 0.15) is 17.3 Å². The SMILES string of the molecule is COc1c(C(C)=O)ccc(-n2cnc([N+](=O)[O-])c2)c1OC. The van der Waals surface area contributed by atoms with Crippen molar-refractivity contribution < 1.29 is 19.2 Å². The van der Waals surface area contributed by atoms with Crippen molar-refractivity contribution in [3.8, 4) is 17.2 Å². The molecule has 0 aliphatic rings. The van der Waals surface area contributed by atoms with E-state index < -0.39 is 4.92 Å². The van der Waals surface area contributed by atoms with Gasteiger partial charge in [0.25, 0.3) is 0 Å². The first-order valence-electron chi connectivity index (χ1n) is 5.94. The van der Waals surface area contributed by atoms with Gasteiger partial charge in [-0.25, -0.2) is 0 Å². The van der Waals surface area contributed by atoms with Crippen LogP contribution in [0.15, 0.2) is 24.7 Å². The number of carbonyl (C=O) groups excluding carboxylic acids is 1. The summed E-state index contributed by atoms with van der Waals surface area (Å²) >= 11 is 0. The Morgan fingerprint density at radius 3 is 2.43 bits per heavy atom. The number of hydrogen-bond donors (Lipinski definition) is 0. The molecule has 2 rings (SSSR count). The molecule has 0 aliphatic carbocycles. The Kier molecular flexibility index (Phi) is 3.88. The summed E-state index contributed by atoms with van der Waals surface area (Å²) < 4.78 is 12.0. The molecule has 0 amide bonds. The Labute approximate surface area is 120 Å². The van der Waals surface area contributed by atoms with E-state index in [0.29, 0.717) is 17.0 Å². The van der Waals surface area contributed by atoms with Gasteiger partial charge in [-0.3, -0.25) is 9.36 Å². The van der Waals surface area contributed by atoms with E-state index in [-0.39, 0.29) is 17.4 Å². The van der Waals surface area contributed by atoms with Crippen molar-refractivity contribution in [3.05, 3.63) is 40.3 Å². The predicted molar refractivity (Wildman–Crippen MR) is 73.3 cm³/mol. The molecule has 0 atom stereocenters. The molecule has 2 aromatic rings. The zero-order valence-corrected chi connectivity index (χ0v) is 11.7. The van der Waals surface area contributed by atoms with Crippen LogP contribution < -0.4 is 9.47 Å². The lowest BCUT2D eigenvalue weighted by atomic mass is 10.1. The van der Waals surface area contributed by atoms with Gasteiger partial charge in [-0.05, 0) is 29.0 Å². The Bertz CT molecular complexity index is 708. The van der Waals surface area contributed by atoms with Gasteiger partial charge in [0.15, 0.2) is 17.3 Å². The fraction of sp³-hybridized carbons (Fsp3) is 0.231. The number of nitrogens with zero attached hydrogens (tertiary/aromatic N) is 3. The van der Waals surface area contributed by atoms with Crippen LogP contribution in [-0.4, -0.2) is 34.5 Å². The standard InChI is InChI=1S/C13H13N3O5/c1-8(17)9-4-5-10(13(21-3)12(9)20-2)15-6-11(14-7-15)16(18)19/h4-7H,1-3H3. The molecular weight excluding hydrogens is 278 g/mol. The number of aromatic nitrogens is 2. The number of ketones is 1. The van der Waals surface area contributed by atoms with Crippen LogP contribution in [-0.2, 0) is 0 Å². The lowest BCUT2D eigenvalue weighted by molar-refractivity contribution is -0.389. The molecule has 110 valence electrons. The van der Waals surface area contributed by atoms with Gasteiger partial charge in [-0.1, -0.05) is 0 Å². The number of methoxy groups -OCH3 is 2. The third kappa shape index (κ3) is 2.55. The van der Waals surface area contributed by atoms with Crippen molar-refractivity contribution in [1.29, 1.82) is 0 Å². The van der Waals surface area contributed by atoms with Crippen molar-refractivity contribution in [2.24, 2.45) is 0 Å². The van der Waals surface area contributed by atoms with E-state index in [2.05, 4.69) is 4.98 Å². The van der Waals surface area contributed by atoms with Crippen molar-refractivity contribution in [2.75, 3.05) is 14.2 Å². The summed E-state index contributed by atoms with van der Waals surface area (Å²) in [7, 11) is 2.85. The summed E-state index contributed by atoms with van der Waals surface area (Å²) in [5, 5.41) is 10.7. The maximum absolute atomic E-state index is 11.6. The number of Topliss-reactive ketones (excluding diaryl/α,β-unsaturated/α-hetero) is 1. The molecule has 0 unspecified atom stereocenters. The maximum Gasteiger partial charge on any atom is 0.381 e. The Morgan fingerprint density at radius 1 is 1.29 bits per heavy atom. The van der Waals surface area contributed by atoms with Crippen molar-refractivity contribution in [1.82, 2.24) is 9.55 Å². The predicted octanol–water partition coefficient (Wildman–Crippen LogP) is 2.00. The molecule has 1 aromatic heterocycles. The topological polar surface area (TPSA) is 96.5 Å². The number of hydrogen-bond acceptors (Lipinski definition) is 6. The number of benzene rings is 1. The minimum Gasteiger partial charge on any atom is -0.492 e. The summed E-state index contributed by atoms with van der Waals surface area (Å²) in [5.41, 5.74) is 0.854. The molecule has 0 saturated heterocycles. The number of ether oxygens (including phenoxy) is 2. The van der Waals surface area contributed by atoms with Crippen LogP contribution >= 0.6 is 0 Å². The van der Waals surface area contributed by atoms with E-state index in [0.717, 1.165) is 0 Å². The van der Waals surface area contributed by atoms with E-state index in [1.807, 2.05) is 0 Å². The second-order valence-corrected chi connectivity index (χ2v) is 4.15. The first-order valence-corrected chi connectivity index (χ1v) is 5.94. The first kappa shape index (κ1) is 14.5. The third-order valence-electron chi connectivity index (χ3n) is 2.91. The molecule has 0 fully saturated rings. The highest BCUT2D eigenvalue weighted by molar-refractivity contribution is 5.98. The summed E-state index contributed by atoms with van der Waals surface area (Å²) in [5.74, 6) is 0.122. The molecule has 0 radical (unpaired) electrons. The molecular formula is C13H13N3O5. The lowest BCUT2D eigenvalue weighted by Gasteiger charge is -2.15. The fourth-order valence-electron chi connectivity index (χ4n) is 1.97. The highest BCUT2D eigenvalue weighted by atomic mass is 16.6. The summed E-state index contributed by atoms with van der Waals surface area (Å²) in [4.78, 5) is 25.4. The minimum absolute atomic E-state index is 0.173. The summed E-state index contributed by atoms with van der Waals surface area (Å²) in [6, 6.07) is 3.19. The second kappa shape index (κ2) is 5.61. The van der Waals surface area contributed by atoms with Crippen LogP contribution in [0, 0.1) is 10.1 Å². The van der Waals surface area contributed by atoms with E-state index >= 15 is 0 Å². The average Bonchev–Trinajstić information content (AvgIpc) is 2.95. The molecule has 1 heterocycles. The lowest BCUT2D eigenvalue weighted by Crippen LogP contribution is -2.04. The number of carbonyl (C=O) groups is 1. The largest absolute Gasteiger partial charge is 0.492 e. The quantitative estimate of drug-likeness (QED) is 0.475. The monoisotopic (exact) mass is 291 g/mol. The highest BCUT2D eigenvalue weighted by Crippen LogP contribution is 2.37. The van der Waals surface area contributed by atoms with Crippen LogP contribution in [0.25, 0.3) is 5.69 Å². The van der Waals surface area contributed by atoms with Crippen LogP contribution in [0.5, 0.6) is 11.5 Å². The van der Waals surface area contributed by atoms with Gasteiger partial charge in [-0.2, -0.15) is 0 Å². The zero-order valence-electron chi connectivity index (χ0n) is 11.7. The fourth-order valence-corrected chi connectivity index (χ4v) is 1.97. The third-order valence-corrected chi connectivity index (χ3v) is 2.91. The van der Waals surface area contributed by atoms with Gasteiger partial charge in [-0.15, -0.1) is 0 Å². The molecule has 21 heavy (non-hydrogen) atoms. The number of nitro groups is 1. The number of imidazole rings is 1.